The Balaban J connectivity index is 1.83. The molecule has 2 aromatic rings. The smallest absolute Gasteiger partial charge is 0.341 e. The number of thiophene rings is 1. The van der Waals surface area contributed by atoms with E-state index in [1.54, 1.807) is 26.4 Å². The van der Waals surface area contributed by atoms with E-state index in [-0.39, 0.29) is 17.7 Å². The van der Waals surface area contributed by atoms with Gasteiger partial charge in [-0.15, -0.1) is 11.3 Å². The van der Waals surface area contributed by atoms with Crippen LogP contribution in [0.3, 0.4) is 0 Å². The van der Waals surface area contributed by atoms with E-state index in [9.17, 15) is 9.59 Å². The van der Waals surface area contributed by atoms with E-state index in [1.807, 2.05) is 6.07 Å². The fraction of sp³-hybridized carbons (Fsp3) is 0.520. The first kappa shape index (κ1) is 24.1. The van der Waals surface area contributed by atoms with E-state index in [1.165, 1.54) is 23.3 Å². The summed E-state index contributed by atoms with van der Waals surface area (Å²) in [5.41, 5.74) is 2.59. The van der Waals surface area contributed by atoms with Crippen LogP contribution in [0.5, 0.6) is 11.5 Å². The molecule has 174 valence electrons. The number of esters is 1. The minimum absolute atomic E-state index is 0.162. The van der Waals surface area contributed by atoms with Gasteiger partial charge in [0.1, 0.15) is 5.00 Å². The lowest BCUT2D eigenvalue weighted by Crippen LogP contribution is -2.28. The zero-order valence-electron chi connectivity index (χ0n) is 19.8. The van der Waals surface area contributed by atoms with E-state index >= 15 is 0 Å². The molecule has 1 aromatic carbocycles. The molecule has 32 heavy (non-hydrogen) atoms. The number of rotatable bonds is 8. The molecule has 1 amide bonds. The summed E-state index contributed by atoms with van der Waals surface area (Å²) >= 11 is 1.51. The molecule has 3 rings (SSSR count). The molecular formula is C25H33NO5S. The number of fused-ring (bicyclic) bond motifs is 1. The number of methoxy groups -OCH3 is 3. The highest BCUT2D eigenvalue weighted by molar-refractivity contribution is 7.17. The van der Waals surface area contributed by atoms with Crippen molar-refractivity contribution in [2.45, 2.75) is 52.9 Å². The number of carbonyl (C=O) groups is 2. The van der Waals surface area contributed by atoms with Crippen LogP contribution in [-0.4, -0.2) is 33.2 Å². The normalized spacial score (nSPS) is 15.6. The van der Waals surface area contributed by atoms with Crippen molar-refractivity contribution in [3.8, 4) is 11.5 Å². The molecule has 1 aromatic heterocycles. The largest absolute Gasteiger partial charge is 0.493 e. The lowest BCUT2D eigenvalue weighted by Gasteiger charge is -2.36. The number of hydrogen-bond acceptors (Lipinski definition) is 6. The topological polar surface area (TPSA) is 73.9 Å². The molecule has 0 spiro atoms. The first-order valence-corrected chi connectivity index (χ1v) is 11.8. The quantitative estimate of drug-likeness (QED) is 0.544. The van der Waals surface area contributed by atoms with Crippen LogP contribution >= 0.6 is 11.3 Å². The van der Waals surface area contributed by atoms with Crippen molar-refractivity contribution in [3.63, 3.8) is 0 Å². The Morgan fingerprint density at radius 3 is 2.50 bits per heavy atom. The third-order valence-corrected chi connectivity index (χ3v) is 7.91. The predicted molar refractivity (Wildman–Crippen MR) is 127 cm³/mol. The summed E-state index contributed by atoms with van der Waals surface area (Å²) in [6.45, 7) is 6.84. The first-order valence-electron chi connectivity index (χ1n) is 11.0. The second-order valence-corrected chi connectivity index (χ2v) is 10.0. The van der Waals surface area contributed by atoms with Gasteiger partial charge in [-0.2, -0.15) is 0 Å². The Morgan fingerprint density at radius 2 is 1.88 bits per heavy atom. The standard InChI is InChI=1S/C25H33NO5S/c1-7-25(2,3)16-9-10-17-20(14-16)32-23(22(17)24(28)31-6)26-21(27)13-15-8-11-18(29-4)19(12-15)30-5/h8,11-12,16H,7,9-10,13-14H2,1-6H3,(H,26,27). The van der Waals surface area contributed by atoms with Gasteiger partial charge in [0.2, 0.25) is 5.91 Å². The van der Waals surface area contributed by atoms with Gasteiger partial charge in [-0.05, 0) is 53.9 Å². The van der Waals surface area contributed by atoms with Crippen molar-refractivity contribution in [1.29, 1.82) is 0 Å². The number of nitrogens with one attached hydrogen (secondary N) is 1. The molecule has 1 aliphatic rings. The van der Waals surface area contributed by atoms with Crippen molar-refractivity contribution < 1.29 is 23.8 Å². The molecule has 6 nitrogen and oxygen atoms in total. The maximum absolute atomic E-state index is 12.9. The summed E-state index contributed by atoms with van der Waals surface area (Å²) in [7, 11) is 4.52. The minimum atomic E-state index is -0.392. The summed E-state index contributed by atoms with van der Waals surface area (Å²) < 4.78 is 15.6. The molecule has 7 heteroatoms. The van der Waals surface area contributed by atoms with Crippen molar-refractivity contribution in [1.82, 2.24) is 0 Å². The maximum atomic E-state index is 12.9. The molecule has 0 saturated heterocycles. The highest BCUT2D eigenvalue weighted by Gasteiger charge is 2.35. The van der Waals surface area contributed by atoms with Crippen LogP contribution in [0.2, 0.25) is 0 Å². The highest BCUT2D eigenvalue weighted by Crippen LogP contribution is 2.45. The molecule has 0 saturated carbocycles. The van der Waals surface area contributed by atoms with Crippen LogP contribution in [0, 0.1) is 11.3 Å². The third-order valence-electron chi connectivity index (χ3n) is 6.74. The Morgan fingerprint density at radius 1 is 1.16 bits per heavy atom. The number of carbonyl (C=O) groups excluding carboxylic acids is 2. The van der Waals surface area contributed by atoms with Gasteiger partial charge in [0.25, 0.3) is 0 Å². The summed E-state index contributed by atoms with van der Waals surface area (Å²) in [5.74, 6) is 1.16. The Bertz CT molecular complexity index is 994. The molecule has 0 radical (unpaired) electrons. The fourth-order valence-electron chi connectivity index (χ4n) is 4.29. The number of amides is 1. The van der Waals surface area contributed by atoms with Crippen LogP contribution in [0.15, 0.2) is 18.2 Å². The monoisotopic (exact) mass is 459 g/mol. The molecular weight excluding hydrogens is 426 g/mol. The van der Waals surface area contributed by atoms with Crippen molar-refractivity contribution in [2.75, 3.05) is 26.6 Å². The van der Waals surface area contributed by atoms with Gasteiger partial charge in [-0.25, -0.2) is 4.79 Å². The summed E-state index contributed by atoms with van der Waals surface area (Å²) in [6.07, 6.45) is 4.06. The zero-order valence-corrected chi connectivity index (χ0v) is 20.6. The van der Waals surface area contributed by atoms with Gasteiger partial charge in [-0.3, -0.25) is 4.79 Å². The van der Waals surface area contributed by atoms with E-state index in [2.05, 4.69) is 26.1 Å². The van der Waals surface area contributed by atoms with Crippen LogP contribution < -0.4 is 14.8 Å². The van der Waals surface area contributed by atoms with Crippen LogP contribution in [0.1, 0.15) is 60.0 Å². The summed E-state index contributed by atoms with van der Waals surface area (Å²) in [6, 6.07) is 5.40. The van der Waals surface area contributed by atoms with E-state index in [0.29, 0.717) is 28.0 Å². The molecule has 0 aliphatic heterocycles. The SMILES string of the molecule is CCC(C)(C)C1CCc2c(sc(NC(=O)Cc3ccc(OC)c(OC)c3)c2C(=O)OC)C1. The average molecular weight is 460 g/mol. The van der Waals surface area contributed by atoms with Crippen molar-refractivity contribution >= 4 is 28.2 Å². The summed E-state index contributed by atoms with van der Waals surface area (Å²) in [4.78, 5) is 26.6. The number of anilines is 1. The fourth-order valence-corrected chi connectivity index (χ4v) is 5.63. The van der Waals surface area contributed by atoms with Crippen molar-refractivity contribution in [2.24, 2.45) is 11.3 Å². The first-order chi connectivity index (χ1) is 15.2. The Hall–Kier alpha value is -2.54. The molecule has 0 bridgehead atoms. The second-order valence-electron chi connectivity index (χ2n) is 8.90. The predicted octanol–water partition coefficient (Wildman–Crippen LogP) is 5.27. The lowest BCUT2D eigenvalue weighted by atomic mass is 9.69. The third kappa shape index (κ3) is 4.93. The number of ether oxygens (including phenoxy) is 3. The van der Waals surface area contributed by atoms with Gasteiger partial charge >= 0.3 is 5.97 Å². The number of hydrogen-bond donors (Lipinski definition) is 1. The van der Waals surface area contributed by atoms with E-state index < -0.39 is 5.97 Å². The van der Waals surface area contributed by atoms with Gasteiger partial charge in [0.05, 0.1) is 33.3 Å². The lowest BCUT2D eigenvalue weighted by molar-refractivity contribution is -0.115. The molecule has 1 N–H and O–H groups in total. The second kappa shape index (κ2) is 9.94. The molecule has 1 heterocycles. The van der Waals surface area contributed by atoms with E-state index in [0.717, 1.165) is 36.8 Å². The highest BCUT2D eigenvalue weighted by atomic mass is 32.1. The average Bonchev–Trinajstić information content (AvgIpc) is 3.15. The minimum Gasteiger partial charge on any atom is -0.493 e. The summed E-state index contributed by atoms with van der Waals surface area (Å²) in [5, 5.41) is 3.56. The molecule has 1 unspecified atom stereocenters. The van der Waals surface area contributed by atoms with Gasteiger partial charge in [0, 0.05) is 4.88 Å². The van der Waals surface area contributed by atoms with Crippen molar-refractivity contribution in [3.05, 3.63) is 39.8 Å². The van der Waals surface area contributed by atoms with Crippen LogP contribution in [0.4, 0.5) is 5.00 Å². The number of benzene rings is 1. The van der Waals surface area contributed by atoms with Gasteiger partial charge in [0.15, 0.2) is 11.5 Å². The maximum Gasteiger partial charge on any atom is 0.341 e. The van der Waals surface area contributed by atoms with Crippen LogP contribution in [0.25, 0.3) is 0 Å². The van der Waals surface area contributed by atoms with Gasteiger partial charge < -0.3 is 19.5 Å². The molecule has 1 aliphatic carbocycles. The Labute approximate surface area is 194 Å². The molecule has 0 fully saturated rings. The van der Waals surface area contributed by atoms with Gasteiger partial charge in [-0.1, -0.05) is 33.3 Å². The van der Waals surface area contributed by atoms with Crippen LogP contribution in [-0.2, 0) is 28.8 Å². The van der Waals surface area contributed by atoms with E-state index in [4.69, 9.17) is 14.2 Å². The zero-order chi connectivity index (χ0) is 23.5. The molecule has 1 atom stereocenters. The Kier molecular flexibility index (Phi) is 7.49.